The van der Waals surface area contributed by atoms with Crippen molar-refractivity contribution in [2.24, 2.45) is 0 Å². The summed E-state index contributed by atoms with van der Waals surface area (Å²) in [6.45, 7) is 2.28. The summed E-state index contributed by atoms with van der Waals surface area (Å²) < 4.78 is 44.3. The van der Waals surface area contributed by atoms with E-state index in [1.807, 2.05) is 0 Å². The highest BCUT2D eigenvalue weighted by Crippen LogP contribution is 2.28. The molecule has 0 N–H and O–H groups in total. The molecule has 8 heteroatoms. The van der Waals surface area contributed by atoms with E-state index < -0.39 is 15.8 Å². The lowest BCUT2D eigenvalue weighted by atomic mass is 10.2. The van der Waals surface area contributed by atoms with Crippen molar-refractivity contribution in [2.75, 3.05) is 26.0 Å². The normalized spacial score (nSPS) is 19.3. The molecule has 1 aliphatic heterocycles. The van der Waals surface area contributed by atoms with Crippen LogP contribution in [0.2, 0.25) is 0 Å². The average molecular weight is 347 g/mol. The fourth-order valence-electron chi connectivity index (χ4n) is 2.22. The van der Waals surface area contributed by atoms with Crippen LogP contribution in [0.15, 0.2) is 23.1 Å². The van der Waals surface area contributed by atoms with Gasteiger partial charge in [-0.1, -0.05) is 0 Å². The second-order valence-electron chi connectivity index (χ2n) is 5.07. The third kappa shape index (κ3) is 3.80. The van der Waals surface area contributed by atoms with E-state index in [4.69, 9.17) is 0 Å². The molecule has 1 aromatic carbocycles. The molecule has 1 aliphatic rings. The molecule has 0 aliphatic carbocycles. The minimum atomic E-state index is -3.62. The van der Waals surface area contributed by atoms with Crippen molar-refractivity contribution in [3.8, 4) is 0 Å². The predicted molar refractivity (Wildman–Crippen MR) is 82.8 cm³/mol. The van der Waals surface area contributed by atoms with Crippen molar-refractivity contribution in [2.45, 2.75) is 23.5 Å². The van der Waals surface area contributed by atoms with Crippen molar-refractivity contribution in [3.63, 3.8) is 0 Å². The molecule has 2 rings (SSSR count). The number of ether oxygens (including phenoxy) is 1. The first kappa shape index (κ1) is 17.2. The van der Waals surface area contributed by atoms with Crippen molar-refractivity contribution < 1.29 is 22.3 Å². The Labute approximate surface area is 133 Å². The molecular weight excluding hydrogens is 329 g/mol. The van der Waals surface area contributed by atoms with Gasteiger partial charge in [0.15, 0.2) is 0 Å². The summed E-state index contributed by atoms with van der Waals surface area (Å²) in [5.74, 6) is -0.530. The summed E-state index contributed by atoms with van der Waals surface area (Å²) in [5.41, 5.74) is 0.303. The van der Waals surface area contributed by atoms with E-state index in [0.29, 0.717) is 25.1 Å². The van der Waals surface area contributed by atoms with E-state index in [2.05, 4.69) is 4.74 Å². The maximum Gasteiger partial charge on any atom is 0.315 e. The number of carbonyl (C=O) groups excluding carboxylic acids is 1. The van der Waals surface area contributed by atoms with Gasteiger partial charge in [-0.15, -0.1) is 11.8 Å². The van der Waals surface area contributed by atoms with Crippen LogP contribution >= 0.6 is 11.8 Å². The van der Waals surface area contributed by atoms with Gasteiger partial charge in [0.05, 0.1) is 17.8 Å². The van der Waals surface area contributed by atoms with Gasteiger partial charge in [0, 0.05) is 18.3 Å². The summed E-state index contributed by atoms with van der Waals surface area (Å²) in [7, 11) is -2.29. The Kier molecular flexibility index (Phi) is 5.46. The minimum Gasteiger partial charge on any atom is -0.468 e. The molecule has 0 bridgehead atoms. The molecular formula is C14H18FNO4S2. The molecule has 5 nitrogen and oxygen atoms in total. The molecule has 1 saturated heterocycles. The van der Waals surface area contributed by atoms with Gasteiger partial charge in [-0.05, 0) is 37.1 Å². The summed E-state index contributed by atoms with van der Waals surface area (Å²) in [4.78, 5) is 11.2. The second-order valence-corrected chi connectivity index (χ2v) is 8.30. The predicted octanol–water partition coefficient (Wildman–Crippen LogP) is 1.80. The molecule has 1 fully saturated rings. The van der Waals surface area contributed by atoms with Crippen LogP contribution in [0, 0.1) is 12.7 Å². The van der Waals surface area contributed by atoms with E-state index in [-0.39, 0.29) is 21.9 Å². The molecule has 122 valence electrons. The smallest absolute Gasteiger partial charge is 0.315 e. The van der Waals surface area contributed by atoms with Gasteiger partial charge in [-0.3, -0.25) is 4.79 Å². The molecule has 0 amide bonds. The SMILES string of the molecule is COC(=O)CS[C@H]1CCN(S(=O)(=O)c2ccc(F)c(C)c2)C1. The lowest BCUT2D eigenvalue weighted by Crippen LogP contribution is -2.29. The Morgan fingerprint density at radius 1 is 1.50 bits per heavy atom. The summed E-state index contributed by atoms with van der Waals surface area (Å²) >= 11 is 1.40. The largest absolute Gasteiger partial charge is 0.468 e. The number of aryl methyl sites for hydroxylation is 1. The Morgan fingerprint density at radius 3 is 2.86 bits per heavy atom. The number of halogens is 1. The zero-order chi connectivity index (χ0) is 16.3. The van der Waals surface area contributed by atoms with Crippen LogP contribution in [-0.2, 0) is 19.6 Å². The van der Waals surface area contributed by atoms with Gasteiger partial charge in [0.1, 0.15) is 5.82 Å². The van der Waals surface area contributed by atoms with Crippen molar-refractivity contribution in [1.82, 2.24) is 4.31 Å². The van der Waals surface area contributed by atoms with Gasteiger partial charge >= 0.3 is 5.97 Å². The van der Waals surface area contributed by atoms with Crippen molar-refractivity contribution >= 4 is 27.8 Å². The second kappa shape index (κ2) is 6.97. The monoisotopic (exact) mass is 347 g/mol. The third-order valence-corrected chi connectivity index (χ3v) is 6.66. The molecule has 1 atom stereocenters. The maximum absolute atomic E-state index is 13.3. The standard InChI is InChI=1S/C14H18FNO4S2/c1-10-7-12(3-4-13(10)15)22(18,19)16-6-5-11(8-16)21-9-14(17)20-2/h3-4,7,11H,5-6,8-9H2,1-2H3/t11-/m0/s1. The molecule has 1 aromatic rings. The van der Waals surface area contributed by atoms with E-state index in [0.717, 1.165) is 0 Å². The fourth-order valence-corrected chi connectivity index (χ4v) is 4.95. The minimum absolute atomic E-state index is 0.0652. The number of nitrogens with zero attached hydrogens (tertiary/aromatic N) is 1. The van der Waals surface area contributed by atoms with E-state index >= 15 is 0 Å². The van der Waals surface area contributed by atoms with Crippen LogP contribution in [0.1, 0.15) is 12.0 Å². The van der Waals surface area contributed by atoms with Crippen LogP contribution in [0.3, 0.4) is 0 Å². The number of carbonyl (C=O) groups is 1. The van der Waals surface area contributed by atoms with Gasteiger partial charge in [0.25, 0.3) is 0 Å². The Hall–Kier alpha value is -1.12. The number of hydrogen-bond donors (Lipinski definition) is 0. The number of methoxy groups -OCH3 is 1. The van der Waals surface area contributed by atoms with E-state index in [1.165, 1.54) is 48.3 Å². The van der Waals surface area contributed by atoms with Crippen molar-refractivity contribution in [3.05, 3.63) is 29.6 Å². The number of rotatable bonds is 5. The van der Waals surface area contributed by atoms with E-state index in [9.17, 15) is 17.6 Å². The van der Waals surface area contributed by atoms with Crippen LogP contribution in [0.25, 0.3) is 0 Å². The number of esters is 1. The first-order chi connectivity index (χ1) is 10.3. The lowest BCUT2D eigenvalue weighted by molar-refractivity contribution is -0.137. The molecule has 1 heterocycles. The van der Waals surface area contributed by atoms with Crippen molar-refractivity contribution in [1.29, 1.82) is 0 Å². The molecule has 0 unspecified atom stereocenters. The summed E-state index contributed by atoms with van der Waals surface area (Å²) in [6, 6.07) is 3.80. The zero-order valence-electron chi connectivity index (χ0n) is 12.4. The van der Waals surface area contributed by atoms with E-state index in [1.54, 1.807) is 0 Å². The lowest BCUT2D eigenvalue weighted by Gasteiger charge is -2.17. The highest BCUT2D eigenvalue weighted by Gasteiger charge is 2.33. The summed E-state index contributed by atoms with van der Waals surface area (Å²) in [5, 5.41) is 0.0652. The molecule has 0 spiro atoms. The summed E-state index contributed by atoms with van der Waals surface area (Å²) in [6.07, 6.45) is 0.682. The Morgan fingerprint density at radius 2 is 2.23 bits per heavy atom. The topological polar surface area (TPSA) is 63.7 Å². The van der Waals surface area contributed by atoms with Crippen LogP contribution in [-0.4, -0.2) is 49.9 Å². The Bertz CT molecular complexity index is 663. The number of sulfonamides is 1. The van der Waals surface area contributed by atoms with Crippen LogP contribution in [0.4, 0.5) is 4.39 Å². The maximum atomic E-state index is 13.3. The first-order valence-corrected chi connectivity index (χ1v) is 9.28. The molecule has 22 heavy (non-hydrogen) atoms. The zero-order valence-corrected chi connectivity index (χ0v) is 14.0. The highest BCUT2D eigenvalue weighted by molar-refractivity contribution is 8.00. The van der Waals surface area contributed by atoms with Crippen LogP contribution < -0.4 is 0 Å². The van der Waals surface area contributed by atoms with Gasteiger partial charge < -0.3 is 4.74 Å². The van der Waals surface area contributed by atoms with Gasteiger partial charge in [-0.25, -0.2) is 12.8 Å². The Balaban J connectivity index is 2.05. The fraction of sp³-hybridized carbons (Fsp3) is 0.500. The third-order valence-electron chi connectivity index (χ3n) is 3.54. The van der Waals surface area contributed by atoms with Gasteiger partial charge in [-0.2, -0.15) is 4.31 Å². The molecule has 0 saturated carbocycles. The first-order valence-electron chi connectivity index (χ1n) is 6.79. The molecule has 0 aromatic heterocycles. The van der Waals surface area contributed by atoms with Gasteiger partial charge in [0.2, 0.25) is 10.0 Å². The average Bonchev–Trinajstić information content (AvgIpc) is 2.97. The number of hydrogen-bond acceptors (Lipinski definition) is 5. The number of benzene rings is 1. The highest BCUT2D eigenvalue weighted by atomic mass is 32.2. The van der Waals surface area contributed by atoms with Crippen LogP contribution in [0.5, 0.6) is 0 Å². The quantitative estimate of drug-likeness (QED) is 0.760. The molecule has 0 radical (unpaired) electrons. The number of thioether (sulfide) groups is 1.